The molecular formula is C11H17ClF2N2. The van der Waals surface area contributed by atoms with E-state index in [0.29, 0.717) is 13.0 Å². The Bertz CT molecular complexity index is 321. The molecule has 0 spiro atoms. The summed E-state index contributed by atoms with van der Waals surface area (Å²) in [6, 6.07) is 3.63. The van der Waals surface area contributed by atoms with Gasteiger partial charge in [0.05, 0.1) is 0 Å². The molecule has 0 saturated heterocycles. The molecule has 0 aliphatic rings. The highest BCUT2D eigenvalue weighted by Gasteiger charge is 2.13. The van der Waals surface area contributed by atoms with E-state index in [1.54, 1.807) is 0 Å². The van der Waals surface area contributed by atoms with Crippen LogP contribution in [0.25, 0.3) is 0 Å². The number of halogens is 3. The summed E-state index contributed by atoms with van der Waals surface area (Å²) in [6.07, 6.45) is 2.30. The van der Waals surface area contributed by atoms with Gasteiger partial charge in [-0.2, -0.15) is 0 Å². The second-order valence-electron chi connectivity index (χ2n) is 3.53. The van der Waals surface area contributed by atoms with E-state index in [2.05, 4.69) is 0 Å². The molecule has 5 heteroatoms. The van der Waals surface area contributed by atoms with Gasteiger partial charge in [-0.25, -0.2) is 8.78 Å². The van der Waals surface area contributed by atoms with Crippen molar-refractivity contribution in [2.45, 2.75) is 25.3 Å². The van der Waals surface area contributed by atoms with E-state index in [4.69, 9.17) is 11.5 Å². The van der Waals surface area contributed by atoms with Gasteiger partial charge in [-0.15, -0.1) is 12.4 Å². The molecule has 0 amide bonds. The zero-order valence-corrected chi connectivity index (χ0v) is 9.77. The second kappa shape index (κ2) is 7.54. The smallest absolute Gasteiger partial charge is 0.163 e. The lowest BCUT2D eigenvalue weighted by molar-refractivity contribution is 0.479. The molecule has 0 saturated carbocycles. The highest BCUT2D eigenvalue weighted by atomic mass is 35.5. The van der Waals surface area contributed by atoms with Crippen LogP contribution in [0.2, 0.25) is 0 Å². The fourth-order valence-corrected chi connectivity index (χ4v) is 1.47. The van der Waals surface area contributed by atoms with Gasteiger partial charge < -0.3 is 11.5 Å². The summed E-state index contributed by atoms with van der Waals surface area (Å²) >= 11 is 0. The van der Waals surface area contributed by atoms with Crippen LogP contribution in [-0.2, 0) is 0 Å². The van der Waals surface area contributed by atoms with Crippen LogP contribution in [0, 0.1) is 11.6 Å². The van der Waals surface area contributed by atoms with Gasteiger partial charge in [0.15, 0.2) is 11.6 Å². The van der Waals surface area contributed by atoms with Gasteiger partial charge in [0.1, 0.15) is 0 Å². The van der Waals surface area contributed by atoms with Crippen LogP contribution in [0.15, 0.2) is 18.2 Å². The first kappa shape index (κ1) is 15.3. The zero-order valence-electron chi connectivity index (χ0n) is 8.96. The lowest BCUT2D eigenvalue weighted by Gasteiger charge is -2.12. The first-order chi connectivity index (χ1) is 7.16. The van der Waals surface area contributed by atoms with Crippen LogP contribution in [0.4, 0.5) is 8.78 Å². The second-order valence-corrected chi connectivity index (χ2v) is 3.53. The lowest BCUT2D eigenvalue weighted by atomic mass is 10.0. The molecule has 0 heterocycles. The summed E-state index contributed by atoms with van der Waals surface area (Å²) in [7, 11) is 0. The average Bonchev–Trinajstić information content (AvgIpc) is 2.22. The van der Waals surface area contributed by atoms with Crippen molar-refractivity contribution in [1.82, 2.24) is 0 Å². The molecule has 16 heavy (non-hydrogen) atoms. The maximum absolute atomic E-state index is 13.3. The minimum Gasteiger partial charge on any atom is -0.330 e. The van der Waals surface area contributed by atoms with Crippen molar-refractivity contribution >= 4 is 12.4 Å². The molecule has 0 fully saturated rings. The third-order valence-electron chi connectivity index (χ3n) is 2.35. The van der Waals surface area contributed by atoms with E-state index in [1.165, 1.54) is 12.1 Å². The first-order valence-corrected chi connectivity index (χ1v) is 5.06. The number of hydrogen-bond acceptors (Lipinski definition) is 2. The van der Waals surface area contributed by atoms with Crippen LogP contribution in [0.3, 0.4) is 0 Å². The van der Waals surface area contributed by atoms with Crippen molar-refractivity contribution in [2.75, 3.05) is 6.54 Å². The summed E-state index contributed by atoms with van der Waals surface area (Å²) in [5.41, 5.74) is 11.3. The molecule has 1 atom stereocenters. The van der Waals surface area contributed by atoms with Gasteiger partial charge in [0.2, 0.25) is 0 Å². The molecule has 0 aliphatic heterocycles. The van der Waals surface area contributed by atoms with Crippen molar-refractivity contribution in [1.29, 1.82) is 0 Å². The standard InChI is InChI=1S/C11H16F2N2.ClH/c12-9-5-3-4-8(11(9)13)10(15)6-1-2-7-14;/h3-5,10H,1-2,6-7,14-15H2;1H/t10-;/m1./s1. The average molecular weight is 251 g/mol. The molecule has 1 aromatic carbocycles. The van der Waals surface area contributed by atoms with Crippen molar-refractivity contribution in [3.63, 3.8) is 0 Å². The summed E-state index contributed by atoms with van der Waals surface area (Å²) < 4.78 is 26.2. The summed E-state index contributed by atoms with van der Waals surface area (Å²) in [4.78, 5) is 0. The van der Waals surface area contributed by atoms with Crippen LogP contribution in [0.5, 0.6) is 0 Å². The van der Waals surface area contributed by atoms with Gasteiger partial charge in [-0.3, -0.25) is 0 Å². The fourth-order valence-electron chi connectivity index (χ4n) is 1.47. The quantitative estimate of drug-likeness (QED) is 0.789. The van der Waals surface area contributed by atoms with Gasteiger partial charge in [0.25, 0.3) is 0 Å². The Labute approximate surface area is 100 Å². The summed E-state index contributed by atoms with van der Waals surface area (Å²) in [5, 5.41) is 0. The molecule has 0 aliphatic carbocycles. The summed E-state index contributed by atoms with van der Waals surface area (Å²) in [5.74, 6) is -1.68. The number of hydrogen-bond donors (Lipinski definition) is 2. The Morgan fingerprint density at radius 1 is 1.19 bits per heavy atom. The molecule has 0 unspecified atom stereocenters. The molecule has 1 aromatic rings. The Morgan fingerprint density at radius 3 is 2.50 bits per heavy atom. The molecule has 92 valence electrons. The number of rotatable bonds is 5. The predicted molar refractivity (Wildman–Crippen MR) is 63.4 cm³/mol. The van der Waals surface area contributed by atoms with Crippen LogP contribution in [-0.4, -0.2) is 6.54 Å². The Kier molecular flexibility index (Phi) is 7.21. The molecule has 0 radical (unpaired) electrons. The SMILES string of the molecule is Cl.NCCCC[C@@H](N)c1cccc(F)c1F. The normalized spacial score (nSPS) is 12.0. The monoisotopic (exact) mass is 250 g/mol. The van der Waals surface area contributed by atoms with E-state index in [9.17, 15) is 8.78 Å². The third-order valence-corrected chi connectivity index (χ3v) is 2.35. The highest BCUT2D eigenvalue weighted by molar-refractivity contribution is 5.85. The number of unbranched alkanes of at least 4 members (excludes halogenated alkanes) is 1. The molecule has 4 N–H and O–H groups in total. The van der Waals surface area contributed by atoms with E-state index >= 15 is 0 Å². The fraction of sp³-hybridized carbons (Fsp3) is 0.455. The minimum atomic E-state index is -0.846. The van der Waals surface area contributed by atoms with E-state index in [0.717, 1.165) is 18.9 Å². The van der Waals surface area contributed by atoms with Crippen molar-refractivity contribution in [3.05, 3.63) is 35.4 Å². The molecule has 2 nitrogen and oxygen atoms in total. The van der Waals surface area contributed by atoms with E-state index in [1.807, 2.05) is 0 Å². The molecule has 0 aromatic heterocycles. The maximum Gasteiger partial charge on any atom is 0.163 e. The number of benzene rings is 1. The van der Waals surface area contributed by atoms with Crippen LogP contribution < -0.4 is 11.5 Å². The van der Waals surface area contributed by atoms with E-state index < -0.39 is 17.7 Å². The largest absolute Gasteiger partial charge is 0.330 e. The zero-order chi connectivity index (χ0) is 11.3. The molecular weight excluding hydrogens is 234 g/mol. The third kappa shape index (κ3) is 4.04. The van der Waals surface area contributed by atoms with Crippen molar-refractivity contribution < 1.29 is 8.78 Å². The van der Waals surface area contributed by atoms with Crippen LogP contribution >= 0.6 is 12.4 Å². The van der Waals surface area contributed by atoms with Crippen LogP contribution in [0.1, 0.15) is 30.9 Å². The predicted octanol–water partition coefficient (Wildman–Crippen LogP) is 2.52. The molecule has 0 bridgehead atoms. The van der Waals surface area contributed by atoms with Crippen molar-refractivity contribution in [3.8, 4) is 0 Å². The van der Waals surface area contributed by atoms with Crippen molar-refractivity contribution in [2.24, 2.45) is 11.5 Å². The molecule has 1 rings (SSSR count). The minimum absolute atomic E-state index is 0. The van der Waals surface area contributed by atoms with Gasteiger partial charge in [-0.1, -0.05) is 18.6 Å². The highest BCUT2D eigenvalue weighted by Crippen LogP contribution is 2.21. The lowest BCUT2D eigenvalue weighted by Crippen LogP contribution is -2.13. The first-order valence-electron chi connectivity index (χ1n) is 5.06. The number of nitrogens with two attached hydrogens (primary N) is 2. The summed E-state index contributed by atoms with van der Waals surface area (Å²) in [6.45, 7) is 0.596. The Balaban J connectivity index is 0.00000225. The maximum atomic E-state index is 13.3. The Hall–Kier alpha value is -0.710. The Morgan fingerprint density at radius 2 is 1.88 bits per heavy atom. The topological polar surface area (TPSA) is 52.0 Å². The van der Waals surface area contributed by atoms with Gasteiger partial charge >= 0.3 is 0 Å². The van der Waals surface area contributed by atoms with E-state index in [-0.39, 0.29) is 18.0 Å². The van der Waals surface area contributed by atoms with Gasteiger partial charge in [0, 0.05) is 11.6 Å². The van der Waals surface area contributed by atoms with Gasteiger partial charge in [-0.05, 0) is 25.5 Å².